The molecule has 1 radical (unpaired) electrons. The first-order chi connectivity index (χ1) is 0. The third kappa shape index (κ3) is 24.1. The average Bonchev–Trinajstić information content (AvgIpc) is 0. The Balaban J connectivity index is 0. The van der Waals surface area contributed by atoms with E-state index in [0.29, 0.717) is 0 Å². The van der Waals surface area contributed by atoms with Crippen molar-refractivity contribution >= 4 is 54.0 Å². The maximum Gasteiger partial charge on any atom is 0 e. The van der Waals surface area contributed by atoms with Crippen LogP contribution in [0.25, 0.3) is 0 Å². The average molecular weight is 182 g/mol. The molecule has 0 saturated heterocycles. The van der Waals surface area contributed by atoms with Crippen LogP contribution >= 0.6 is 13.5 Å². The Morgan fingerprint density at radius 3 is 0.800 bits per heavy atom. The van der Waals surface area contributed by atoms with Crippen LogP contribution in [0.4, 0.5) is 0 Å². The topological polar surface area (TPSA) is 0 Å². The summed E-state index contributed by atoms with van der Waals surface area (Å²) >= 11 is 0. The molecule has 0 fully saturated rings. The molecular formula is H3S4V-5. The van der Waals surface area contributed by atoms with Crippen molar-refractivity contribution < 1.29 is 18.6 Å². The Morgan fingerprint density at radius 2 is 0.800 bits per heavy atom. The van der Waals surface area contributed by atoms with Gasteiger partial charge in [0.2, 0.25) is 0 Å². The van der Waals surface area contributed by atoms with E-state index in [-0.39, 0.29) is 72.5 Å². The summed E-state index contributed by atoms with van der Waals surface area (Å²) in [5.41, 5.74) is 0. The van der Waals surface area contributed by atoms with Gasteiger partial charge in [-0.15, -0.1) is 0 Å². The minimum atomic E-state index is 0. The van der Waals surface area contributed by atoms with Crippen LogP contribution in [0.5, 0.6) is 0 Å². The molecule has 0 N–H and O–H groups in total. The molecule has 0 atom stereocenters. The molecular weight excluding hydrogens is 179 g/mol. The minimum Gasteiger partial charge on any atom is -2.00 e. The van der Waals surface area contributed by atoms with Crippen LogP contribution in [0.2, 0.25) is 0 Å². The van der Waals surface area contributed by atoms with E-state index >= 15 is 0 Å². The minimum absolute atomic E-state index is 0. The maximum absolute atomic E-state index is 0. The zero-order valence-electron chi connectivity index (χ0n) is 2.21. The fraction of sp³-hybridized carbons (Fsp3) is 0. The molecule has 0 aromatic heterocycles. The summed E-state index contributed by atoms with van der Waals surface area (Å²) in [6.07, 6.45) is 0. The van der Waals surface area contributed by atoms with E-state index in [1.54, 1.807) is 0 Å². The van der Waals surface area contributed by atoms with Crippen LogP contribution in [0, 0.1) is 0 Å². The number of rotatable bonds is 0. The van der Waals surface area contributed by atoms with Crippen LogP contribution in [0.1, 0.15) is 0 Å². The molecule has 5 heteroatoms. The third-order valence-electron chi connectivity index (χ3n) is 0. The molecule has 5 heavy (non-hydrogen) atoms. The van der Waals surface area contributed by atoms with Gasteiger partial charge >= 0.3 is 0 Å². The molecule has 0 unspecified atom stereocenters. The van der Waals surface area contributed by atoms with Gasteiger partial charge in [0.05, 0.1) is 0 Å². The summed E-state index contributed by atoms with van der Waals surface area (Å²) in [6, 6.07) is 0. The summed E-state index contributed by atoms with van der Waals surface area (Å²) in [6.45, 7) is 0. The van der Waals surface area contributed by atoms with Crippen LogP contribution < -0.4 is 0 Å². The van der Waals surface area contributed by atoms with Gasteiger partial charge in [-0.3, -0.25) is 0 Å². The second kappa shape index (κ2) is 37.8. The number of hydrogen-bond donors (Lipinski definition) is 0. The molecule has 0 amide bonds. The molecule has 0 rings (SSSR count). The van der Waals surface area contributed by atoms with E-state index < -0.39 is 0 Å². The summed E-state index contributed by atoms with van der Waals surface area (Å²) in [4.78, 5) is 0. The van der Waals surface area contributed by atoms with Gasteiger partial charge in [-0.05, 0) is 0 Å². The number of thiol groups is 1. The van der Waals surface area contributed by atoms with E-state index in [1.165, 1.54) is 0 Å². The van der Waals surface area contributed by atoms with Gasteiger partial charge in [0.25, 0.3) is 0 Å². The molecule has 0 nitrogen and oxygen atoms in total. The summed E-state index contributed by atoms with van der Waals surface area (Å²) in [7, 11) is 0. The van der Waals surface area contributed by atoms with Crippen molar-refractivity contribution in [3.8, 4) is 0 Å². The maximum atomic E-state index is 0. The first kappa shape index (κ1) is 63.5. The Labute approximate surface area is 72.1 Å². The van der Waals surface area contributed by atoms with Gasteiger partial charge in [0, 0.05) is 18.6 Å². The van der Waals surface area contributed by atoms with Crippen molar-refractivity contribution in [3.05, 3.63) is 0 Å². The first-order valence-electron chi connectivity index (χ1n) is 0. The molecule has 0 aromatic carbocycles. The van der Waals surface area contributed by atoms with Crippen LogP contribution in [-0.2, 0) is 59.0 Å². The van der Waals surface area contributed by atoms with E-state index in [9.17, 15) is 0 Å². The molecule has 0 spiro atoms. The molecule has 37 valence electrons. The Hall–Kier alpha value is 1.98. The normalized spacial score (nSPS) is 0. The Morgan fingerprint density at radius 1 is 0.800 bits per heavy atom. The Kier molecular flexibility index (Phi) is 480. The quantitative estimate of drug-likeness (QED) is 0.370. The van der Waals surface area contributed by atoms with E-state index in [2.05, 4.69) is 0 Å². The third-order valence-corrected chi connectivity index (χ3v) is 0. The summed E-state index contributed by atoms with van der Waals surface area (Å²) in [5, 5.41) is 0. The standard InChI is InChI=1S/2H2S.2S.V/h2*1H2;;;/q;;2*-2;/p-1. The number of hydrogen-bond acceptors (Lipinski definition) is 1. The second-order valence-corrected chi connectivity index (χ2v) is 0. The van der Waals surface area contributed by atoms with E-state index in [1.807, 2.05) is 0 Å². The molecule has 0 aromatic rings. The summed E-state index contributed by atoms with van der Waals surface area (Å²) < 4.78 is 0. The zero-order valence-corrected chi connectivity index (χ0v) is 7.14. The molecule has 0 aliphatic carbocycles. The van der Waals surface area contributed by atoms with Gasteiger partial charge in [-0.2, -0.15) is 13.5 Å². The van der Waals surface area contributed by atoms with Crippen molar-refractivity contribution in [1.82, 2.24) is 0 Å². The smallest absolute Gasteiger partial charge is 0 e. The van der Waals surface area contributed by atoms with E-state index in [0.717, 1.165) is 0 Å². The zero-order chi connectivity index (χ0) is 0. The molecule has 0 heterocycles. The van der Waals surface area contributed by atoms with Gasteiger partial charge in [0.1, 0.15) is 0 Å². The van der Waals surface area contributed by atoms with Gasteiger partial charge < -0.3 is 40.5 Å². The van der Waals surface area contributed by atoms with Gasteiger partial charge in [0.15, 0.2) is 0 Å². The largest absolute Gasteiger partial charge is 2.00 e. The molecule has 0 bridgehead atoms. The predicted octanol–water partition coefficient (Wildman–Crippen LogP) is -0.165. The van der Waals surface area contributed by atoms with Crippen LogP contribution in [0.15, 0.2) is 0 Å². The predicted molar refractivity (Wildman–Crippen MR) is 33.9 cm³/mol. The van der Waals surface area contributed by atoms with Crippen LogP contribution in [0.3, 0.4) is 0 Å². The molecule has 0 aliphatic rings. The van der Waals surface area contributed by atoms with Gasteiger partial charge in [-0.25, -0.2) is 0 Å². The van der Waals surface area contributed by atoms with Crippen molar-refractivity contribution in [2.24, 2.45) is 0 Å². The fourth-order valence-electron chi connectivity index (χ4n) is 0. The monoisotopic (exact) mass is 182 g/mol. The van der Waals surface area contributed by atoms with Crippen molar-refractivity contribution in [2.75, 3.05) is 0 Å². The molecule has 0 saturated carbocycles. The first-order valence-corrected chi connectivity index (χ1v) is 0. The van der Waals surface area contributed by atoms with Crippen molar-refractivity contribution in [1.29, 1.82) is 0 Å². The Bertz CT molecular complexity index is 3.61. The molecule has 0 aliphatic heterocycles. The van der Waals surface area contributed by atoms with Crippen LogP contribution in [-0.4, -0.2) is 0 Å². The summed E-state index contributed by atoms with van der Waals surface area (Å²) in [5.74, 6) is 0. The fourth-order valence-corrected chi connectivity index (χ4v) is 0. The van der Waals surface area contributed by atoms with Crippen molar-refractivity contribution in [3.63, 3.8) is 0 Å². The SMILES string of the molecule is S.[S-2].[S-2].[SH-].[V]. The second-order valence-electron chi connectivity index (χ2n) is 0. The van der Waals surface area contributed by atoms with Crippen molar-refractivity contribution in [2.45, 2.75) is 0 Å². The van der Waals surface area contributed by atoms with E-state index in [4.69, 9.17) is 0 Å². The van der Waals surface area contributed by atoms with Gasteiger partial charge in [-0.1, -0.05) is 0 Å².